The number of aromatic nitrogens is 1. The highest BCUT2D eigenvalue weighted by molar-refractivity contribution is 5.90. The molecular formula is C12H14N2O3. The summed E-state index contributed by atoms with van der Waals surface area (Å²) in [6.07, 6.45) is 4.83. The number of fused-ring (bicyclic) bond motifs is 1. The van der Waals surface area contributed by atoms with Crippen molar-refractivity contribution in [2.75, 3.05) is 19.0 Å². The second-order valence-corrected chi connectivity index (χ2v) is 4.57. The second kappa shape index (κ2) is 3.61. The molecule has 17 heavy (non-hydrogen) atoms. The summed E-state index contributed by atoms with van der Waals surface area (Å²) in [6.45, 7) is 0.659. The summed E-state index contributed by atoms with van der Waals surface area (Å²) < 4.78 is 10.3. The fourth-order valence-corrected chi connectivity index (χ4v) is 2.07. The molecule has 90 valence electrons. The maximum atomic E-state index is 11.4. The lowest BCUT2D eigenvalue weighted by Crippen LogP contribution is -2.21. The van der Waals surface area contributed by atoms with E-state index in [1.807, 2.05) is 0 Å². The molecule has 0 atom stereocenters. The van der Waals surface area contributed by atoms with Gasteiger partial charge in [-0.3, -0.25) is 0 Å². The minimum Gasteiger partial charge on any atom is -0.490 e. The highest BCUT2D eigenvalue weighted by Gasteiger charge is 2.44. The molecule has 2 heterocycles. The highest BCUT2D eigenvalue weighted by atomic mass is 16.5. The molecule has 1 aromatic heterocycles. The Kier molecular flexibility index (Phi) is 2.21. The van der Waals surface area contributed by atoms with Gasteiger partial charge in [0.2, 0.25) is 0 Å². The van der Waals surface area contributed by atoms with Gasteiger partial charge in [-0.05, 0) is 12.8 Å². The van der Waals surface area contributed by atoms with Gasteiger partial charge in [-0.2, -0.15) is 0 Å². The van der Waals surface area contributed by atoms with Crippen molar-refractivity contribution < 1.29 is 14.3 Å². The number of carbonyl (C=O) groups is 1. The van der Waals surface area contributed by atoms with Crippen molar-refractivity contribution in [3.05, 3.63) is 17.8 Å². The number of esters is 1. The van der Waals surface area contributed by atoms with Crippen LogP contribution in [0.2, 0.25) is 0 Å². The smallest absolute Gasteiger partial charge is 0.339 e. The molecular weight excluding hydrogens is 220 g/mol. The fraction of sp³-hybridized carbons (Fsp3) is 0.500. The summed E-state index contributed by atoms with van der Waals surface area (Å²) >= 11 is 0. The van der Waals surface area contributed by atoms with Gasteiger partial charge in [0.15, 0.2) is 11.6 Å². The predicted octanol–water partition coefficient (Wildman–Crippen LogP) is 1.60. The Labute approximate surface area is 99.1 Å². The van der Waals surface area contributed by atoms with Gasteiger partial charge in [0.05, 0.1) is 19.3 Å². The van der Waals surface area contributed by atoms with Gasteiger partial charge in [0, 0.05) is 24.2 Å². The summed E-state index contributed by atoms with van der Waals surface area (Å²) in [5.41, 5.74) is 0.602. The Morgan fingerprint density at radius 2 is 2.35 bits per heavy atom. The van der Waals surface area contributed by atoms with E-state index in [0.717, 1.165) is 25.1 Å². The topological polar surface area (TPSA) is 60.5 Å². The van der Waals surface area contributed by atoms with Gasteiger partial charge >= 0.3 is 5.97 Å². The quantitative estimate of drug-likeness (QED) is 0.748. The van der Waals surface area contributed by atoms with Crippen molar-refractivity contribution in [2.45, 2.75) is 24.8 Å². The van der Waals surface area contributed by atoms with E-state index in [4.69, 9.17) is 4.74 Å². The van der Waals surface area contributed by atoms with Crippen molar-refractivity contribution in [1.82, 2.24) is 4.98 Å². The van der Waals surface area contributed by atoms with Crippen LogP contribution in [-0.4, -0.2) is 30.2 Å². The molecule has 1 saturated carbocycles. The molecule has 1 spiro atoms. The summed E-state index contributed by atoms with van der Waals surface area (Å²) in [5, 5.41) is 3.41. The van der Waals surface area contributed by atoms with Gasteiger partial charge in [-0.1, -0.05) is 0 Å². The summed E-state index contributed by atoms with van der Waals surface area (Å²) in [4.78, 5) is 15.6. The number of nitrogens with one attached hydrogen (secondary N) is 1. The molecule has 5 heteroatoms. The van der Waals surface area contributed by atoms with E-state index >= 15 is 0 Å². The van der Waals surface area contributed by atoms with Crippen LogP contribution in [0.25, 0.3) is 0 Å². The highest BCUT2D eigenvalue weighted by Crippen LogP contribution is 2.45. The SMILES string of the molecule is COC(=O)c1cnc2c(c1)OCCC1(CC1)N2. The van der Waals surface area contributed by atoms with E-state index in [1.165, 1.54) is 13.3 Å². The number of hydrogen-bond acceptors (Lipinski definition) is 5. The maximum Gasteiger partial charge on any atom is 0.339 e. The van der Waals surface area contributed by atoms with Gasteiger partial charge in [-0.25, -0.2) is 9.78 Å². The molecule has 0 saturated heterocycles. The zero-order chi connectivity index (χ0) is 11.9. The number of ether oxygens (including phenoxy) is 2. The van der Waals surface area contributed by atoms with E-state index in [9.17, 15) is 4.79 Å². The van der Waals surface area contributed by atoms with Crippen molar-refractivity contribution in [3.8, 4) is 5.75 Å². The number of carbonyl (C=O) groups excluding carboxylic acids is 1. The van der Waals surface area contributed by atoms with Crippen LogP contribution in [0.3, 0.4) is 0 Å². The average Bonchev–Trinajstić information content (AvgIpc) is 3.13. The normalized spacial score (nSPS) is 19.6. The molecule has 3 rings (SSSR count). The molecule has 0 bridgehead atoms. The Bertz CT molecular complexity index is 469. The lowest BCUT2D eigenvalue weighted by atomic mass is 10.2. The van der Waals surface area contributed by atoms with E-state index in [1.54, 1.807) is 6.07 Å². The van der Waals surface area contributed by atoms with E-state index in [2.05, 4.69) is 15.0 Å². The molecule has 1 N–H and O–H groups in total. The molecule has 1 aliphatic heterocycles. The average molecular weight is 234 g/mol. The van der Waals surface area contributed by atoms with Crippen LogP contribution < -0.4 is 10.1 Å². The van der Waals surface area contributed by atoms with E-state index < -0.39 is 5.97 Å². The van der Waals surface area contributed by atoms with Crippen LogP contribution >= 0.6 is 0 Å². The minimum atomic E-state index is -0.394. The number of hydrogen-bond donors (Lipinski definition) is 1. The number of rotatable bonds is 1. The summed E-state index contributed by atoms with van der Waals surface area (Å²) in [5.74, 6) is 0.971. The molecule has 2 aliphatic rings. The van der Waals surface area contributed by atoms with Crippen LogP contribution in [0.1, 0.15) is 29.6 Å². The predicted molar refractivity (Wildman–Crippen MR) is 61.3 cm³/mol. The third-order valence-electron chi connectivity index (χ3n) is 3.35. The van der Waals surface area contributed by atoms with Gasteiger partial charge in [0.25, 0.3) is 0 Å². The Balaban J connectivity index is 1.93. The summed E-state index contributed by atoms with van der Waals surface area (Å²) in [6, 6.07) is 1.68. The molecule has 1 aromatic rings. The zero-order valence-corrected chi connectivity index (χ0v) is 9.66. The first-order valence-corrected chi connectivity index (χ1v) is 5.72. The van der Waals surface area contributed by atoms with Gasteiger partial charge in [0.1, 0.15) is 0 Å². The monoisotopic (exact) mass is 234 g/mol. The lowest BCUT2D eigenvalue weighted by molar-refractivity contribution is 0.0600. The molecule has 0 aromatic carbocycles. The fourth-order valence-electron chi connectivity index (χ4n) is 2.07. The third kappa shape index (κ3) is 1.81. The Morgan fingerprint density at radius 3 is 3.06 bits per heavy atom. The van der Waals surface area contributed by atoms with Gasteiger partial charge in [-0.15, -0.1) is 0 Å². The maximum absolute atomic E-state index is 11.4. The van der Waals surface area contributed by atoms with Crippen molar-refractivity contribution in [3.63, 3.8) is 0 Å². The second-order valence-electron chi connectivity index (χ2n) is 4.57. The number of anilines is 1. The largest absolute Gasteiger partial charge is 0.490 e. The third-order valence-corrected chi connectivity index (χ3v) is 3.35. The van der Waals surface area contributed by atoms with Crippen LogP contribution in [0.5, 0.6) is 5.75 Å². The first kappa shape index (κ1) is 10.4. The van der Waals surface area contributed by atoms with Gasteiger partial charge < -0.3 is 14.8 Å². The van der Waals surface area contributed by atoms with Crippen molar-refractivity contribution in [2.24, 2.45) is 0 Å². The number of pyridine rings is 1. The van der Waals surface area contributed by atoms with Crippen molar-refractivity contribution in [1.29, 1.82) is 0 Å². The first-order chi connectivity index (χ1) is 8.22. The minimum absolute atomic E-state index is 0.186. The van der Waals surface area contributed by atoms with E-state index in [0.29, 0.717) is 17.9 Å². The Morgan fingerprint density at radius 1 is 1.53 bits per heavy atom. The molecule has 0 unspecified atom stereocenters. The molecule has 0 amide bonds. The van der Waals surface area contributed by atoms with E-state index in [-0.39, 0.29) is 5.54 Å². The van der Waals surface area contributed by atoms with Crippen molar-refractivity contribution >= 4 is 11.8 Å². The van der Waals surface area contributed by atoms with Crippen LogP contribution in [0.4, 0.5) is 5.82 Å². The molecule has 1 fully saturated rings. The molecule has 5 nitrogen and oxygen atoms in total. The van der Waals surface area contributed by atoms with Crippen LogP contribution in [0.15, 0.2) is 12.3 Å². The number of methoxy groups -OCH3 is 1. The Hall–Kier alpha value is -1.78. The number of nitrogens with zero attached hydrogens (tertiary/aromatic N) is 1. The molecule has 0 radical (unpaired) electrons. The summed E-state index contributed by atoms with van der Waals surface area (Å²) in [7, 11) is 1.35. The van der Waals surface area contributed by atoms with Crippen LogP contribution in [0, 0.1) is 0 Å². The zero-order valence-electron chi connectivity index (χ0n) is 9.66. The lowest BCUT2D eigenvalue weighted by Gasteiger charge is -2.13. The van der Waals surface area contributed by atoms with Crippen LogP contribution in [-0.2, 0) is 4.74 Å². The first-order valence-electron chi connectivity index (χ1n) is 5.72. The molecule has 1 aliphatic carbocycles. The standard InChI is InChI=1S/C12H14N2O3/c1-16-11(15)8-6-9-10(13-7-8)14-12(2-3-12)4-5-17-9/h6-7H,2-5H2,1H3,(H,13,14).